The quantitative estimate of drug-likeness (QED) is 0.673. The van der Waals surface area contributed by atoms with Crippen LogP contribution in [0.25, 0.3) is 0 Å². The number of hydrogen-bond donors (Lipinski definition) is 1. The number of nitrogens with zero attached hydrogens (tertiary/aromatic N) is 1. The van der Waals surface area contributed by atoms with Gasteiger partial charge in [-0.25, -0.2) is 0 Å². The number of carbonyl (C=O) groups excluding carboxylic acids is 1. The Kier molecular flexibility index (Phi) is 3.53. The van der Waals surface area contributed by atoms with Crippen molar-refractivity contribution in [2.45, 2.75) is 32.2 Å². The molecule has 0 radical (unpaired) electrons. The van der Waals surface area contributed by atoms with Gasteiger partial charge >= 0.3 is 0 Å². The van der Waals surface area contributed by atoms with Crippen LogP contribution >= 0.6 is 0 Å². The van der Waals surface area contributed by atoms with Gasteiger partial charge in [0.25, 0.3) is 0 Å². The normalized spacial score (nSPS) is 22.7. The van der Waals surface area contributed by atoms with Gasteiger partial charge in [-0.2, -0.15) is 0 Å². The van der Waals surface area contributed by atoms with Gasteiger partial charge in [-0.3, -0.25) is 4.79 Å². The van der Waals surface area contributed by atoms with E-state index in [9.17, 15) is 4.79 Å². The van der Waals surface area contributed by atoms with Gasteiger partial charge in [-0.05, 0) is 25.8 Å². The van der Waals surface area contributed by atoms with Crippen LogP contribution in [-0.2, 0) is 4.79 Å². The summed E-state index contributed by atoms with van der Waals surface area (Å²) >= 11 is 0. The minimum atomic E-state index is 0.160. The Balaban J connectivity index is 2.11. The lowest BCUT2D eigenvalue weighted by atomic mass is 10.1. The molecule has 0 aliphatic carbocycles. The van der Waals surface area contributed by atoms with Crippen molar-refractivity contribution in [1.82, 2.24) is 10.2 Å². The van der Waals surface area contributed by atoms with Gasteiger partial charge in [0.15, 0.2) is 0 Å². The van der Waals surface area contributed by atoms with Crippen LogP contribution in [0, 0.1) is 0 Å². The molecule has 3 nitrogen and oxygen atoms in total. The lowest BCUT2D eigenvalue weighted by molar-refractivity contribution is -0.127. The molecular formula is C9H18N2O. The predicted octanol–water partition coefficient (Wildman–Crippen LogP) is 0.607. The maximum Gasteiger partial charge on any atom is 0.219 e. The summed E-state index contributed by atoms with van der Waals surface area (Å²) in [5, 5.41) is 3.41. The highest BCUT2D eigenvalue weighted by molar-refractivity contribution is 5.72. The van der Waals surface area contributed by atoms with Crippen LogP contribution in [-0.4, -0.2) is 37.0 Å². The van der Waals surface area contributed by atoms with Crippen LogP contribution in [0.3, 0.4) is 0 Å². The molecule has 1 heterocycles. The first kappa shape index (κ1) is 9.52. The standard InChI is InChI=1S/C9H18N2O/c1-8(12)11(2)7-5-9-4-3-6-10-9/h9-10H,3-7H2,1-2H3. The number of hydrogen-bond acceptors (Lipinski definition) is 2. The summed E-state index contributed by atoms with van der Waals surface area (Å²) in [5.41, 5.74) is 0. The van der Waals surface area contributed by atoms with E-state index in [0.29, 0.717) is 6.04 Å². The molecule has 1 aliphatic heterocycles. The van der Waals surface area contributed by atoms with Gasteiger partial charge in [-0.1, -0.05) is 0 Å². The SMILES string of the molecule is CC(=O)N(C)CCC1CCCN1. The first-order chi connectivity index (χ1) is 5.70. The Morgan fingerprint density at radius 1 is 1.67 bits per heavy atom. The summed E-state index contributed by atoms with van der Waals surface area (Å²) in [7, 11) is 1.86. The minimum absolute atomic E-state index is 0.160. The van der Waals surface area contributed by atoms with Crippen LogP contribution in [0.2, 0.25) is 0 Å². The van der Waals surface area contributed by atoms with Gasteiger partial charge in [0.2, 0.25) is 5.91 Å². The van der Waals surface area contributed by atoms with Gasteiger partial charge < -0.3 is 10.2 Å². The molecule has 0 saturated carbocycles. The number of rotatable bonds is 3. The van der Waals surface area contributed by atoms with Crippen LogP contribution < -0.4 is 5.32 Å². The summed E-state index contributed by atoms with van der Waals surface area (Å²) in [6, 6.07) is 0.645. The van der Waals surface area contributed by atoms with Crippen LogP contribution in [0.1, 0.15) is 26.2 Å². The maximum atomic E-state index is 10.9. The molecule has 0 aromatic heterocycles. The van der Waals surface area contributed by atoms with Crippen molar-refractivity contribution in [2.24, 2.45) is 0 Å². The Morgan fingerprint density at radius 2 is 2.42 bits per heavy atom. The molecule has 1 atom stereocenters. The van der Waals surface area contributed by atoms with Crippen molar-refractivity contribution in [3.05, 3.63) is 0 Å². The van der Waals surface area contributed by atoms with Crippen LogP contribution in [0.5, 0.6) is 0 Å². The van der Waals surface area contributed by atoms with Crippen molar-refractivity contribution in [1.29, 1.82) is 0 Å². The number of amides is 1. The summed E-state index contributed by atoms with van der Waals surface area (Å²) in [5.74, 6) is 0.160. The smallest absolute Gasteiger partial charge is 0.219 e. The van der Waals surface area contributed by atoms with E-state index in [0.717, 1.165) is 19.5 Å². The average molecular weight is 170 g/mol. The first-order valence-corrected chi connectivity index (χ1v) is 4.65. The summed E-state index contributed by atoms with van der Waals surface area (Å²) in [4.78, 5) is 12.6. The fraction of sp³-hybridized carbons (Fsp3) is 0.889. The van der Waals surface area contributed by atoms with E-state index in [1.165, 1.54) is 12.8 Å². The maximum absolute atomic E-state index is 10.9. The van der Waals surface area contributed by atoms with Crippen LogP contribution in [0.15, 0.2) is 0 Å². The van der Waals surface area contributed by atoms with E-state index < -0.39 is 0 Å². The first-order valence-electron chi connectivity index (χ1n) is 4.65. The van der Waals surface area contributed by atoms with E-state index in [-0.39, 0.29) is 5.91 Å². The molecule has 3 heteroatoms. The van der Waals surface area contributed by atoms with Gasteiger partial charge in [0, 0.05) is 26.6 Å². The van der Waals surface area contributed by atoms with E-state index in [1.54, 1.807) is 11.8 Å². The van der Waals surface area contributed by atoms with E-state index in [1.807, 2.05) is 7.05 Å². The van der Waals surface area contributed by atoms with Gasteiger partial charge in [0.1, 0.15) is 0 Å². The summed E-state index contributed by atoms with van der Waals surface area (Å²) in [6.07, 6.45) is 3.65. The Hall–Kier alpha value is -0.570. The molecule has 1 unspecified atom stereocenters. The summed E-state index contributed by atoms with van der Waals surface area (Å²) in [6.45, 7) is 3.64. The monoisotopic (exact) mass is 170 g/mol. The van der Waals surface area contributed by atoms with Crippen LogP contribution in [0.4, 0.5) is 0 Å². The molecule has 0 aromatic carbocycles. The second-order valence-corrected chi connectivity index (χ2v) is 3.52. The second kappa shape index (κ2) is 4.45. The van der Waals surface area contributed by atoms with E-state index >= 15 is 0 Å². The molecule has 12 heavy (non-hydrogen) atoms. The fourth-order valence-electron chi connectivity index (χ4n) is 1.51. The molecule has 1 amide bonds. The van der Waals surface area contributed by atoms with Crippen molar-refractivity contribution in [3.8, 4) is 0 Å². The van der Waals surface area contributed by atoms with Gasteiger partial charge in [-0.15, -0.1) is 0 Å². The highest BCUT2D eigenvalue weighted by atomic mass is 16.2. The highest BCUT2D eigenvalue weighted by Gasteiger charge is 2.14. The third-order valence-electron chi connectivity index (χ3n) is 2.51. The molecule has 0 spiro atoms. The lowest BCUT2D eigenvalue weighted by Crippen LogP contribution is -2.30. The zero-order valence-electron chi connectivity index (χ0n) is 7.97. The third-order valence-corrected chi connectivity index (χ3v) is 2.51. The van der Waals surface area contributed by atoms with Crippen molar-refractivity contribution >= 4 is 5.91 Å². The largest absolute Gasteiger partial charge is 0.346 e. The molecule has 70 valence electrons. The third kappa shape index (κ3) is 2.81. The number of carbonyl (C=O) groups is 1. The average Bonchev–Trinajstić information content (AvgIpc) is 2.51. The Morgan fingerprint density at radius 3 is 2.92 bits per heavy atom. The minimum Gasteiger partial charge on any atom is -0.346 e. The zero-order valence-corrected chi connectivity index (χ0v) is 7.97. The Labute approximate surface area is 74.1 Å². The fourth-order valence-corrected chi connectivity index (χ4v) is 1.51. The predicted molar refractivity (Wildman–Crippen MR) is 49.0 cm³/mol. The zero-order chi connectivity index (χ0) is 8.97. The molecule has 0 aromatic rings. The Bertz CT molecular complexity index is 153. The van der Waals surface area contributed by atoms with E-state index in [4.69, 9.17) is 0 Å². The molecule has 1 aliphatic rings. The molecule has 0 bridgehead atoms. The molecule has 1 rings (SSSR count). The van der Waals surface area contributed by atoms with E-state index in [2.05, 4.69) is 5.32 Å². The lowest BCUT2D eigenvalue weighted by Gasteiger charge is -2.17. The topological polar surface area (TPSA) is 32.3 Å². The second-order valence-electron chi connectivity index (χ2n) is 3.52. The summed E-state index contributed by atoms with van der Waals surface area (Å²) < 4.78 is 0. The number of nitrogens with one attached hydrogen (secondary N) is 1. The molecule has 1 fully saturated rings. The van der Waals surface area contributed by atoms with Crippen molar-refractivity contribution in [3.63, 3.8) is 0 Å². The van der Waals surface area contributed by atoms with Crippen molar-refractivity contribution < 1.29 is 4.79 Å². The highest BCUT2D eigenvalue weighted by Crippen LogP contribution is 2.08. The van der Waals surface area contributed by atoms with Gasteiger partial charge in [0.05, 0.1) is 0 Å². The molecule has 1 saturated heterocycles. The molecule has 1 N–H and O–H groups in total. The molecular weight excluding hydrogens is 152 g/mol. The van der Waals surface area contributed by atoms with Crippen molar-refractivity contribution in [2.75, 3.05) is 20.1 Å².